The second-order valence-corrected chi connectivity index (χ2v) is 24.7. The molecule has 0 fully saturated rings. The summed E-state index contributed by atoms with van der Waals surface area (Å²) in [6.45, 7) is 13.1. The van der Waals surface area contributed by atoms with Gasteiger partial charge >= 0.3 is 0 Å². The lowest BCUT2D eigenvalue weighted by atomic mass is 9.78. The molecule has 0 spiro atoms. The summed E-state index contributed by atoms with van der Waals surface area (Å²) in [7, 11) is 0. The van der Waals surface area contributed by atoms with Gasteiger partial charge in [0.2, 0.25) is 0 Å². The number of benzene rings is 9. The summed E-state index contributed by atoms with van der Waals surface area (Å²) in [4.78, 5) is 40.7. The monoisotopic (exact) mass is 1240 g/mol. The normalized spacial score (nSPS) is 11.6. The van der Waals surface area contributed by atoms with Crippen LogP contribution in [0.5, 0.6) is 0 Å². The van der Waals surface area contributed by atoms with Crippen LogP contribution in [-0.2, 0) is 0 Å². The first-order valence-corrected chi connectivity index (χ1v) is 32.3. The zero-order valence-corrected chi connectivity index (χ0v) is 53.8. The summed E-state index contributed by atoms with van der Waals surface area (Å²) in [5, 5.41) is 0. The van der Waals surface area contributed by atoms with Crippen LogP contribution in [0.25, 0.3) is 157 Å². The van der Waals surface area contributed by atoms with Crippen molar-refractivity contribution in [1.29, 1.82) is 0 Å². The van der Waals surface area contributed by atoms with E-state index in [1.165, 1.54) is 0 Å². The Hall–Kier alpha value is -12.5. The van der Waals surface area contributed by atoms with Crippen LogP contribution < -0.4 is 0 Å². The smallest absolute Gasteiger partial charge is 0.164 e. The number of imidazole rings is 4. The molecule has 0 atom stereocenters. The molecular formula is C84H62N12. The number of para-hydroxylation sites is 4. The molecule has 0 N–H and O–H groups in total. The van der Waals surface area contributed by atoms with Crippen molar-refractivity contribution in [2.24, 2.45) is 0 Å². The van der Waals surface area contributed by atoms with Crippen molar-refractivity contribution < 1.29 is 0 Å². The number of aromatic nitrogens is 12. The van der Waals surface area contributed by atoms with Crippen LogP contribution in [0, 0.1) is 41.5 Å². The van der Waals surface area contributed by atoms with Gasteiger partial charge in [-0.15, -0.1) is 0 Å². The summed E-state index contributed by atoms with van der Waals surface area (Å²) in [6.07, 6.45) is 7.36. The minimum absolute atomic E-state index is 0.805. The lowest BCUT2D eigenvalue weighted by Gasteiger charge is -2.26. The Labute approximate surface area is 554 Å². The molecule has 8 heterocycles. The van der Waals surface area contributed by atoms with Gasteiger partial charge in [0, 0.05) is 47.0 Å². The lowest BCUT2D eigenvalue weighted by molar-refractivity contribution is 1.06. The van der Waals surface area contributed by atoms with Crippen LogP contribution in [0.3, 0.4) is 0 Å². The molecule has 8 aromatic heterocycles. The van der Waals surface area contributed by atoms with E-state index in [9.17, 15) is 0 Å². The van der Waals surface area contributed by atoms with Gasteiger partial charge < -0.3 is 0 Å². The van der Waals surface area contributed by atoms with Gasteiger partial charge in [-0.1, -0.05) is 170 Å². The van der Waals surface area contributed by atoms with Gasteiger partial charge in [0.05, 0.1) is 22.7 Å². The van der Waals surface area contributed by atoms with E-state index >= 15 is 0 Å². The molecule has 12 heteroatoms. The number of rotatable bonds is 12. The summed E-state index contributed by atoms with van der Waals surface area (Å²) < 4.78 is 8.76. The van der Waals surface area contributed by atoms with Gasteiger partial charge in [-0.2, -0.15) is 0 Å². The quantitative estimate of drug-likeness (QED) is 0.119. The molecule has 458 valence electrons. The SMILES string of the molecule is Cc1ccccc1-n1c(-c2ccc(-c3c(C)c(-c4ccc(-c5nc6cccnc6n5-c5ccccc5C)cc4)c(-c4ccc(-c5nc6cccnc6n5-c5ccccc5C)cc4)c(C)c3-c3ccc(-c4nc5cccnc5n4-c4ccccc4C)cc3)cc2)nc2cccnc21. The summed E-state index contributed by atoms with van der Waals surface area (Å²) in [6, 6.07) is 85.5. The zero-order valence-electron chi connectivity index (χ0n) is 53.8. The molecular weight excluding hydrogens is 1180 g/mol. The molecule has 0 radical (unpaired) electrons. The van der Waals surface area contributed by atoms with Crippen molar-refractivity contribution in [3.05, 3.63) is 301 Å². The molecule has 0 aliphatic carbocycles. The van der Waals surface area contributed by atoms with E-state index in [1.807, 2.05) is 73.3 Å². The molecule has 0 unspecified atom stereocenters. The molecule has 0 saturated heterocycles. The molecule has 12 nitrogen and oxygen atoms in total. The van der Waals surface area contributed by atoms with Crippen molar-refractivity contribution in [3.8, 4) is 113 Å². The van der Waals surface area contributed by atoms with Crippen LogP contribution in [0.15, 0.2) is 267 Å². The summed E-state index contributed by atoms with van der Waals surface area (Å²) in [5.74, 6) is 3.27. The fraction of sp³-hybridized carbons (Fsp3) is 0.0714. The van der Waals surface area contributed by atoms with E-state index in [2.05, 4.69) is 254 Å². The van der Waals surface area contributed by atoms with E-state index in [4.69, 9.17) is 39.9 Å². The highest BCUT2D eigenvalue weighted by molar-refractivity contribution is 6.02. The van der Waals surface area contributed by atoms with Gasteiger partial charge in [0.25, 0.3) is 0 Å². The predicted molar refractivity (Wildman–Crippen MR) is 388 cm³/mol. The lowest BCUT2D eigenvalue weighted by Crippen LogP contribution is -2.03. The average Bonchev–Trinajstić information content (AvgIpc) is 1.40. The Morgan fingerprint density at radius 2 is 0.406 bits per heavy atom. The third kappa shape index (κ3) is 9.51. The maximum absolute atomic E-state index is 5.28. The van der Waals surface area contributed by atoms with E-state index < -0.39 is 0 Å². The summed E-state index contributed by atoms with van der Waals surface area (Å²) in [5.41, 5.74) is 30.0. The van der Waals surface area contributed by atoms with Crippen molar-refractivity contribution in [2.75, 3.05) is 0 Å². The van der Waals surface area contributed by atoms with E-state index in [0.717, 1.165) is 191 Å². The maximum atomic E-state index is 5.28. The zero-order chi connectivity index (χ0) is 64.7. The minimum atomic E-state index is 0.805. The Morgan fingerprint density at radius 3 is 0.615 bits per heavy atom. The van der Waals surface area contributed by atoms with Crippen molar-refractivity contribution >= 4 is 44.7 Å². The fourth-order valence-corrected chi connectivity index (χ4v) is 14.2. The van der Waals surface area contributed by atoms with Crippen molar-refractivity contribution in [1.82, 2.24) is 58.1 Å². The third-order valence-corrected chi connectivity index (χ3v) is 18.8. The van der Waals surface area contributed by atoms with Gasteiger partial charge in [0.1, 0.15) is 45.4 Å². The first-order valence-electron chi connectivity index (χ1n) is 32.3. The fourth-order valence-electron chi connectivity index (χ4n) is 14.2. The molecule has 17 rings (SSSR count). The second-order valence-electron chi connectivity index (χ2n) is 24.7. The first-order chi connectivity index (χ1) is 47.1. The van der Waals surface area contributed by atoms with Crippen molar-refractivity contribution in [2.45, 2.75) is 41.5 Å². The minimum Gasteiger partial charge on any atom is -0.276 e. The van der Waals surface area contributed by atoms with Crippen LogP contribution in [-0.4, -0.2) is 58.1 Å². The topological polar surface area (TPSA) is 123 Å². The highest BCUT2D eigenvalue weighted by Gasteiger charge is 2.28. The number of fused-ring (bicyclic) bond motifs is 4. The number of aryl methyl sites for hydroxylation is 4. The van der Waals surface area contributed by atoms with Gasteiger partial charge in [-0.3, -0.25) is 18.3 Å². The number of hydrogen-bond donors (Lipinski definition) is 0. The molecule has 0 aliphatic rings. The van der Waals surface area contributed by atoms with Crippen molar-refractivity contribution in [3.63, 3.8) is 0 Å². The Bertz CT molecular complexity index is 5170. The van der Waals surface area contributed by atoms with E-state index in [-0.39, 0.29) is 0 Å². The van der Waals surface area contributed by atoms with E-state index in [1.54, 1.807) is 0 Å². The Kier molecular flexibility index (Phi) is 13.9. The third-order valence-electron chi connectivity index (χ3n) is 18.8. The predicted octanol–water partition coefficient (Wildman–Crippen LogP) is 19.8. The van der Waals surface area contributed by atoms with Gasteiger partial charge in [0.15, 0.2) is 22.6 Å². The molecule has 0 amide bonds. The molecule has 0 aliphatic heterocycles. The van der Waals surface area contributed by atoms with Crippen LogP contribution in [0.1, 0.15) is 33.4 Å². The Balaban J connectivity index is 0.893. The standard InChI is InChI=1S/C84H62N12/c1-51-19-7-11-27-69(51)93-77(89-65-23-15-47-85-81(65)93)61-39-31-57(32-40-61)73-55(5)75(59-35-43-63(44-36-59)79-91-67-25-17-49-87-83(67)95(79)71-29-13-9-21-53(71)3)76(60-37-45-64(46-38-60)80-92-68-26-18-50-88-84(68)96(80)72-30-14-10-22-54(72)4)56(6)74(73)58-33-41-62(42-34-58)78-90-66-24-16-48-86-82(66)94(78)70-28-12-8-20-52(70)2/h7-50H,1-6H3. The number of nitrogens with zero attached hydrogens (tertiary/aromatic N) is 12. The van der Waals surface area contributed by atoms with Gasteiger partial charge in [-0.25, -0.2) is 39.9 Å². The first kappa shape index (κ1) is 57.4. The molecule has 96 heavy (non-hydrogen) atoms. The Morgan fingerprint density at radius 1 is 0.208 bits per heavy atom. The number of pyridine rings is 4. The van der Waals surface area contributed by atoms with Gasteiger partial charge in [-0.05, 0) is 192 Å². The highest BCUT2D eigenvalue weighted by Crippen LogP contribution is 2.50. The summed E-state index contributed by atoms with van der Waals surface area (Å²) >= 11 is 0. The molecule has 0 saturated carbocycles. The maximum Gasteiger partial charge on any atom is 0.164 e. The molecule has 0 bridgehead atoms. The van der Waals surface area contributed by atoms with Crippen LogP contribution in [0.2, 0.25) is 0 Å². The average molecular weight is 1240 g/mol. The highest BCUT2D eigenvalue weighted by atomic mass is 15.2. The molecule has 17 aromatic rings. The van der Waals surface area contributed by atoms with Crippen LogP contribution in [0.4, 0.5) is 0 Å². The van der Waals surface area contributed by atoms with Crippen LogP contribution >= 0.6 is 0 Å². The second kappa shape index (κ2) is 23.2. The van der Waals surface area contributed by atoms with E-state index in [0.29, 0.717) is 0 Å². The largest absolute Gasteiger partial charge is 0.276 e. The number of hydrogen-bond acceptors (Lipinski definition) is 8. The molecule has 9 aromatic carbocycles.